The third kappa shape index (κ3) is 3.90. The van der Waals surface area contributed by atoms with Crippen LogP contribution in [0.25, 0.3) is 0 Å². The number of hydrogen-bond acceptors (Lipinski definition) is 3. The molecule has 1 amide bonds. The van der Waals surface area contributed by atoms with Gasteiger partial charge in [-0.2, -0.15) is 5.10 Å². The molecule has 94 valence electrons. The number of aromatic amines is 1. The van der Waals surface area contributed by atoms with E-state index in [-0.39, 0.29) is 5.69 Å². The van der Waals surface area contributed by atoms with Gasteiger partial charge in [0.05, 0.1) is 0 Å². The van der Waals surface area contributed by atoms with Crippen LogP contribution in [0.1, 0.15) is 42.4 Å². The van der Waals surface area contributed by atoms with Crippen molar-refractivity contribution in [3.05, 3.63) is 17.5 Å². The molecule has 1 aromatic rings. The van der Waals surface area contributed by atoms with Crippen LogP contribution in [0, 0.1) is 6.92 Å². The van der Waals surface area contributed by atoms with Crippen molar-refractivity contribution in [3.8, 4) is 0 Å². The van der Waals surface area contributed by atoms with Crippen molar-refractivity contribution in [2.75, 3.05) is 0 Å². The van der Waals surface area contributed by atoms with Gasteiger partial charge in [-0.15, -0.1) is 0 Å². The van der Waals surface area contributed by atoms with Crippen LogP contribution in [0.4, 0.5) is 0 Å². The molecule has 0 aliphatic carbocycles. The number of H-pyrrole nitrogens is 1. The molecular weight excluding hydrogens is 222 g/mol. The molecule has 0 radical (unpaired) electrons. The monoisotopic (exact) mass is 239 g/mol. The van der Waals surface area contributed by atoms with Gasteiger partial charge in [0, 0.05) is 5.69 Å². The molecule has 1 heterocycles. The fraction of sp³-hybridized carbons (Fsp3) is 0.545. The lowest BCUT2D eigenvalue weighted by Crippen LogP contribution is -2.40. The molecule has 6 heteroatoms. The van der Waals surface area contributed by atoms with Crippen LogP contribution >= 0.6 is 0 Å². The molecule has 0 spiro atoms. The van der Waals surface area contributed by atoms with Gasteiger partial charge in [-0.05, 0) is 19.4 Å². The van der Waals surface area contributed by atoms with Crippen LogP contribution in [0.15, 0.2) is 6.07 Å². The molecule has 17 heavy (non-hydrogen) atoms. The maximum absolute atomic E-state index is 11.7. The van der Waals surface area contributed by atoms with Crippen molar-refractivity contribution in [3.63, 3.8) is 0 Å². The van der Waals surface area contributed by atoms with Crippen LogP contribution in [0.3, 0.4) is 0 Å². The zero-order chi connectivity index (χ0) is 12.8. The number of aryl methyl sites for hydroxylation is 1. The summed E-state index contributed by atoms with van der Waals surface area (Å²) in [5, 5.41) is 17.8. The van der Waals surface area contributed by atoms with Gasteiger partial charge in [-0.3, -0.25) is 9.89 Å². The number of unbranched alkanes of at least 4 members (excludes halogenated alkanes) is 1. The predicted octanol–water partition coefficient (Wildman–Crippen LogP) is 1.09. The van der Waals surface area contributed by atoms with Crippen molar-refractivity contribution in [1.82, 2.24) is 15.5 Å². The van der Waals surface area contributed by atoms with E-state index in [9.17, 15) is 9.59 Å². The Balaban J connectivity index is 2.60. The number of carboxylic acid groups (broad SMARTS) is 1. The molecule has 1 atom stereocenters. The number of carbonyl (C=O) groups is 2. The van der Waals surface area contributed by atoms with E-state index in [2.05, 4.69) is 15.5 Å². The summed E-state index contributed by atoms with van der Waals surface area (Å²) >= 11 is 0. The average molecular weight is 239 g/mol. The fourth-order valence-corrected chi connectivity index (χ4v) is 1.43. The molecule has 0 unspecified atom stereocenters. The lowest BCUT2D eigenvalue weighted by molar-refractivity contribution is -0.139. The standard InChI is InChI=1S/C11H17N3O3/c1-3-4-5-8(11(16)17)12-10(15)9-6-7(2)13-14-9/h6,8H,3-5H2,1-2H3,(H,12,15)(H,13,14)(H,16,17)/t8-/m0/s1. The van der Waals surface area contributed by atoms with E-state index in [0.29, 0.717) is 6.42 Å². The van der Waals surface area contributed by atoms with Crippen LogP contribution in [0.5, 0.6) is 0 Å². The summed E-state index contributed by atoms with van der Waals surface area (Å²) in [6.07, 6.45) is 2.08. The molecule has 0 aliphatic heterocycles. The van der Waals surface area contributed by atoms with Gasteiger partial charge in [0.25, 0.3) is 5.91 Å². The highest BCUT2D eigenvalue weighted by Gasteiger charge is 2.20. The Morgan fingerprint density at radius 2 is 2.29 bits per heavy atom. The van der Waals surface area contributed by atoms with Crippen LogP contribution < -0.4 is 5.32 Å². The molecular formula is C11H17N3O3. The number of carboxylic acids is 1. The Hall–Kier alpha value is -1.85. The zero-order valence-corrected chi connectivity index (χ0v) is 9.99. The Bertz CT molecular complexity index is 400. The van der Waals surface area contributed by atoms with Crippen molar-refractivity contribution >= 4 is 11.9 Å². The highest BCUT2D eigenvalue weighted by atomic mass is 16.4. The number of aromatic nitrogens is 2. The number of aliphatic carboxylic acids is 1. The van der Waals surface area contributed by atoms with E-state index in [4.69, 9.17) is 5.11 Å². The summed E-state index contributed by atoms with van der Waals surface area (Å²) in [7, 11) is 0. The number of amides is 1. The summed E-state index contributed by atoms with van der Waals surface area (Å²) in [5.74, 6) is -1.48. The largest absolute Gasteiger partial charge is 0.480 e. The molecule has 0 bridgehead atoms. The number of carbonyl (C=O) groups excluding carboxylic acids is 1. The third-order valence-corrected chi connectivity index (χ3v) is 2.39. The molecule has 1 aromatic heterocycles. The van der Waals surface area contributed by atoms with Crippen LogP contribution in [-0.2, 0) is 4.79 Å². The van der Waals surface area contributed by atoms with Crippen LogP contribution in [-0.4, -0.2) is 33.2 Å². The second kappa shape index (κ2) is 6.03. The van der Waals surface area contributed by atoms with Gasteiger partial charge in [-0.25, -0.2) is 4.79 Å². The highest BCUT2D eigenvalue weighted by Crippen LogP contribution is 2.03. The topological polar surface area (TPSA) is 95.1 Å². The summed E-state index contributed by atoms with van der Waals surface area (Å²) in [5.41, 5.74) is 0.973. The van der Waals surface area contributed by atoms with Gasteiger partial charge >= 0.3 is 5.97 Å². The second-order valence-corrected chi connectivity index (χ2v) is 3.94. The average Bonchev–Trinajstić information content (AvgIpc) is 2.70. The smallest absolute Gasteiger partial charge is 0.326 e. The Morgan fingerprint density at radius 3 is 2.76 bits per heavy atom. The Kier molecular flexibility index (Phi) is 4.68. The molecule has 6 nitrogen and oxygen atoms in total. The lowest BCUT2D eigenvalue weighted by atomic mass is 10.1. The van der Waals surface area contributed by atoms with E-state index < -0.39 is 17.9 Å². The number of hydrogen-bond donors (Lipinski definition) is 3. The van der Waals surface area contributed by atoms with E-state index in [1.165, 1.54) is 0 Å². The molecule has 0 saturated heterocycles. The van der Waals surface area contributed by atoms with Gasteiger partial charge < -0.3 is 10.4 Å². The van der Waals surface area contributed by atoms with Crippen molar-refractivity contribution < 1.29 is 14.7 Å². The third-order valence-electron chi connectivity index (χ3n) is 2.39. The minimum absolute atomic E-state index is 0.213. The molecule has 0 fully saturated rings. The molecule has 3 N–H and O–H groups in total. The first-order chi connectivity index (χ1) is 8.04. The number of rotatable bonds is 6. The minimum atomic E-state index is -1.01. The summed E-state index contributed by atoms with van der Waals surface area (Å²) in [6.45, 7) is 3.74. The van der Waals surface area contributed by atoms with Crippen molar-refractivity contribution in [2.24, 2.45) is 0 Å². The molecule has 1 rings (SSSR count). The van der Waals surface area contributed by atoms with E-state index >= 15 is 0 Å². The van der Waals surface area contributed by atoms with Crippen molar-refractivity contribution in [1.29, 1.82) is 0 Å². The number of nitrogens with one attached hydrogen (secondary N) is 2. The summed E-state index contributed by atoms with van der Waals surface area (Å²) in [4.78, 5) is 22.6. The first-order valence-electron chi connectivity index (χ1n) is 5.60. The van der Waals surface area contributed by atoms with Gasteiger partial charge in [0.1, 0.15) is 11.7 Å². The van der Waals surface area contributed by atoms with Crippen molar-refractivity contribution in [2.45, 2.75) is 39.2 Å². The first-order valence-corrected chi connectivity index (χ1v) is 5.60. The predicted molar refractivity (Wildman–Crippen MR) is 61.7 cm³/mol. The summed E-state index contributed by atoms with van der Waals surface area (Å²) in [6, 6.07) is 0.730. The summed E-state index contributed by atoms with van der Waals surface area (Å²) < 4.78 is 0. The normalized spacial score (nSPS) is 12.1. The maximum Gasteiger partial charge on any atom is 0.326 e. The van der Waals surface area contributed by atoms with Gasteiger partial charge in [0.2, 0.25) is 0 Å². The maximum atomic E-state index is 11.7. The van der Waals surface area contributed by atoms with Crippen LogP contribution in [0.2, 0.25) is 0 Å². The number of nitrogens with zero attached hydrogens (tertiary/aromatic N) is 1. The second-order valence-electron chi connectivity index (χ2n) is 3.94. The Morgan fingerprint density at radius 1 is 1.59 bits per heavy atom. The molecule has 0 saturated carbocycles. The Labute approximate surface area is 99.4 Å². The SMILES string of the molecule is CCCC[C@H](NC(=O)c1cc(C)[nH]n1)C(=O)O. The lowest BCUT2D eigenvalue weighted by Gasteiger charge is -2.12. The fourth-order valence-electron chi connectivity index (χ4n) is 1.43. The first kappa shape index (κ1) is 13.2. The molecule has 0 aliphatic rings. The molecule has 0 aromatic carbocycles. The van der Waals surface area contributed by atoms with E-state index in [1.54, 1.807) is 13.0 Å². The van der Waals surface area contributed by atoms with E-state index in [1.807, 2.05) is 6.92 Å². The van der Waals surface area contributed by atoms with Gasteiger partial charge in [0.15, 0.2) is 0 Å². The quantitative estimate of drug-likeness (QED) is 0.692. The van der Waals surface area contributed by atoms with Gasteiger partial charge in [-0.1, -0.05) is 19.8 Å². The van der Waals surface area contributed by atoms with E-state index in [0.717, 1.165) is 18.5 Å². The minimum Gasteiger partial charge on any atom is -0.480 e. The zero-order valence-electron chi connectivity index (χ0n) is 9.99. The highest BCUT2D eigenvalue weighted by molar-refractivity contribution is 5.94.